The minimum Gasteiger partial charge on any atom is -0.493 e. The van der Waals surface area contributed by atoms with Crippen LogP contribution in [0.4, 0.5) is 0 Å². The molecule has 30 heavy (non-hydrogen) atoms. The van der Waals surface area contributed by atoms with Crippen LogP contribution in [0.1, 0.15) is 12.5 Å². The number of nitriles is 1. The maximum atomic E-state index is 12.2. The highest BCUT2D eigenvalue weighted by Crippen LogP contribution is 2.30. The zero-order chi connectivity index (χ0) is 21.9. The Balaban J connectivity index is 2.09. The summed E-state index contributed by atoms with van der Waals surface area (Å²) >= 11 is 0. The van der Waals surface area contributed by atoms with Crippen LogP contribution < -0.4 is 18.9 Å². The van der Waals surface area contributed by atoms with Crippen molar-refractivity contribution in [2.24, 2.45) is 0 Å². The van der Waals surface area contributed by atoms with Gasteiger partial charge in [-0.3, -0.25) is 0 Å². The van der Waals surface area contributed by atoms with E-state index < -0.39 is 11.9 Å². The molecule has 8 heteroatoms. The molecule has 0 unspecified atom stereocenters. The number of nitrogens with zero attached hydrogens (tertiary/aromatic N) is 1. The van der Waals surface area contributed by atoms with Gasteiger partial charge in [-0.2, -0.15) is 5.26 Å². The van der Waals surface area contributed by atoms with Gasteiger partial charge in [0.1, 0.15) is 11.6 Å². The Bertz CT molecular complexity index is 976. The van der Waals surface area contributed by atoms with Crippen LogP contribution in [-0.4, -0.2) is 39.4 Å². The van der Waals surface area contributed by atoms with Gasteiger partial charge in [0.05, 0.1) is 20.8 Å². The van der Waals surface area contributed by atoms with Crippen molar-refractivity contribution in [3.63, 3.8) is 0 Å². The maximum Gasteiger partial charge on any atom is 0.349 e. The zero-order valence-corrected chi connectivity index (χ0v) is 16.8. The summed E-state index contributed by atoms with van der Waals surface area (Å²) < 4.78 is 26.0. The highest BCUT2D eigenvalue weighted by atomic mass is 16.6. The normalized spacial score (nSPS) is 10.5. The predicted molar refractivity (Wildman–Crippen MR) is 107 cm³/mol. The molecule has 0 saturated carbocycles. The smallest absolute Gasteiger partial charge is 0.349 e. The van der Waals surface area contributed by atoms with Gasteiger partial charge in [0.25, 0.3) is 0 Å². The molecule has 2 rings (SSSR count). The van der Waals surface area contributed by atoms with Crippen LogP contribution in [0.25, 0.3) is 6.08 Å². The first-order chi connectivity index (χ1) is 14.5. The van der Waals surface area contributed by atoms with Crippen LogP contribution in [0.5, 0.6) is 23.0 Å². The summed E-state index contributed by atoms with van der Waals surface area (Å²) in [7, 11) is 2.59. The molecule has 0 fully saturated rings. The SMILES string of the molecule is CCOc1ccccc1OCC(=O)Oc1ccc(/C=C(\C#N)C(=O)OC)cc1OC. The number of para-hydroxylation sites is 2. The maximum absolute atomic E-state index is 12.2. The van der Waals surface area contributed by atoms with Gasteiger partial charge in [0.15, 0.2) is 29.6 Å². The third kappa shape index (κ3) is 6.01. The van der Waals surface area contributed by atoms with Crippen molar-refractivity contribution in [3.8, 4) is 29.1 Å². The fourth-order valence-corrected chi connectivity index (χ4v) is 2.40. The van der Waals surface area contributed by atoms with Gasteiger partial charge in [-0.15, -0.1) is 0 Å². The topological polar surface area (TPSA) is 104 Å². The number of carbonyl (C=O) groups excluding carboxylic acids is 2. The van der Waals surface area contributed by atoms with Crippen molar-refractivity contribution in [3.05, 3.63) is 53.6 Å². The van der Waals surface area contributed by atoms with E-state index in [1.165, 1.54) is 32.4 Å². The lowest BCUT2D eigenvalue weighted by Crippen LogP contribution is -2.18. The Labute approximate surface area is 174 Å². The van der Waals surface area contributed by atoms with Crippen molar-refractivity contribution in [1.82, 2.24) is 0 Å². The number of hydrogen-bond donors (Lipinski definition) is 0. The number of rotatable bonds is 9. The van der Waals surface area contributed by atoms with Crippen LogP contribution in [0.3, 0.4) is 0 Å². The minimum absolute atomic E-state index is 0.165. The molecule has 0 radical (unpaired) electrons. The Morgan fingerprint density at radius 3 is 2.30 bits per heavy atom. The van der Waals surface area contributed by atoms with Crippen molar-refractivity contribution in [2.75, 3.05) is 27.4 Å². The molecule has 0 N–H and O–H groups in total. The molecule has 8 nitrogen and oxygen atoms in total. The predicted octanol–water partition coefficient (Wildman–Crippen LogP) is 3.16. The summed E-state index contributed by atoms with van der Waals surface area (Å²) in [6.07, 6.45) is 1.34. The molecule has 0 aliphatic carbocycles. The molecule has 0 bridgehead atoms. The lowest BCUT2D eigenvalue weighted by molar-refractivity contribution is -0.137. The third-order valence-electron chi connectivity index (χ3n) is 3.74. The Morgan fingerprint density at radius 1 is 1.00 bits per heavy atom. The standard InChI is InChI=1S/C22H21NO7/c1-4-28-17-7-5-6-8-18(17)29-14-21(24)30-19-10-9-15(12-20(19)26-2)11-16(13-23)22(25)27-3/h5-12H,4,14H2,1-3H3/b16-11+. The van der Waals surface area contributed by atoms with Crippen molar-refractivity contribution in [2.45, 2.75) is 6.92 Å². The van der Waals surface area contributed by atoms with E-state index in [-0.39, 0.29) is 23.7 Å². The summed E-state index contributed by atoms with van der Waals surface area (Å²) in [5.41, 5.74) is 0.321. The molecule has 0 amide bonds. The second kappa shape index (κ2) is 11.1. The van der Waals surface area contributed by atoms with E-state index in [9.17, 15) is 9.59 Å². The zero-order valence-electron chi connectivity index (χ0n) is 16.8. The molecule has 2 aromatic rings. The number of carbonyl (C=O) groups is 2. The summed E-state index contributed by atoms with van der Waals surface area (Å²) in [6.45, 7) is 1.98. The van der Waals surface area contributed by atoms with Gasteiger partial charge in [-0.05, 0) is 42.8 Å². The lowest BCUT2D eigenvalue weighted by Gasteiger charge is -2.12. The average molecular weight is 411 g/mol. The number of benzene rings is 2. The Kier molecular flexibility index (Phi) is 8.27. The summed E-state index contributed by atoms with van der Waals surface area (Å²) in [6, 6.07) is 13.3. The average Bonchev–Trinajstić information content (AvgIpc) is 2.77. The van der Waals surface area contributed by atoms with Gasteiger partial charge < -0.3 is 23.7 Å². The number of esters is 2. The Hall–Kier alpha value is -3.99. The van der Waals surface area contributed by atoms with E-state index in [0.29, 0.717) is 23.7 Å². The third-order valence-corrected chi connectivity index (χ3v) is 3.74. The summed E-state index contributed by atoms with van der Waals surface area (Å²) in [4.78, 5) is 23.7. The van der Waals surface area contributed by atoms with Crippen LogP contribution >= 0.6 is 0 Å². The van der Waals surface area contributed by atoms with E-state index in [0.717, 1.165) is 0 Å². The highest BCUT2D eigenvalue weighted by molar-refractivity contribution is 5.97. The Morgan fingerprint density at radius 2 is 1.70 bits per heavy atom. The first-order valence-electron chi connectivity index (χ1n) is 8.95. The molecular weight excluding hydrogens is 390 g/mol. The van der Waals surface area contributed by atoms with Gasteiger partial charge in [0, 0.05) is 0 Å². The molecule has 0 aliphatic rings. The first kappa shape index (κ1) is 22.3. The quantitative estimate of drug-likeness (QED) is 0.268. The van der Waals surface area contributed by atoms with Crippen molar-refractivity contribution >= 4 is 18.0 Å². The number of methoxy groups -OCH3 is 2. The van der Waals surface area contributed by atoms with Gasteiger partial charge in [-0.1, -0.05) is 18.2 Å². The molecule has 0 spiro atoms. The highest BCUT2D eigenvalue weighted by Gasteiger charge is 2.14. The molecular formula is C22H21NO7. The van der Waals surface area contributed by atoms with E-state index in [1.807, 2.05) is 6.92 Å². The number of ether oxygens (including phenoxy) is 5. The minimum atomic E-state index is -0.753. The van der Waals surface area contributed by atoms with Gasteiger partial charge in [-0.25, -0.2) is 9.59 Å². The molecule has 0 saturated heterocycles. The second-order valence-electron chi connectivity index (χ2n) is 5.71. The van der Waals surface area contributed by atoms with E-state index >= 15 is 0 Å². The van der Waals surface area contributed by atoms with E-state index in [2.05, 4.69) is 4.74 Å². The fraction of sp³-hybridized carbons (Fsp3) is 0.227. The molecule has 2 aromatic carbocycles. The lowest BCUT2D eigenvalue weighted by atomic mass is 10.1. The summed E-state index contributed by atoms with van der Waals surface area (Å²) in [5, 5.41) is 9.05. The van der Waals surface area contributed by atoms with E-state index in [4.69, 9.17) is 24.2 Å². The van der Waals surface area contributed by atoms with Crippen LogP contribution in [0.15, 0.2) is 48.0 Å². The molecule has 156 valence electrons. The molecule has 0 aromatic heterocycles. The van der Waals surface area contributed by atoms with Gasteiger partial charge in [0.2, 0.25) is 0 Å². The largest absolute Gasteiger partial charge is 0.493 e. The molecule has 0 atom stereocenters. The fourth-order valence-electron chi connectivity index (χ4n) is 2.40. The van der Waals surface area contributed by atoms with Crippen LogP contribution in [-0.2, 0) is 14.3 Å². The monoisotopic (exact) mass is 411 g/mol. The number of hydrogen-bond acceptors (Lipinski definition) is 8. The van der Waals surface area contributed by atoms with Crippen LogP contribution in [0.2, 0.25) is 0 Å². The van der Waals surface area contributed by atoms with Crippen molar-refractivity contribution < 1.29 is 33.3 Å². The molecule has 0 aliphatic heterocycles. The second-order valence-corrected chi connectivity index (χ2v) is 5.71. The van der Waals surface area contributed by atoms with Crippen LogP contribution in [0, 0.1) is 11.3 Å². The van der Waals surface area contributed by atoms with Crippen molar-refractivity contribution in [1.29, 1.82) is 5.26 Å². The first-order valence-corrected chi connectivity index (χ1v) is 8.95. The van der Waals surface area contributed by atoms with E-state index in [1.54, 1.807) is 36.4 Å². The van der Waals surface area contributed by atoms with Gasteiger partial charge >= 0.3 is 11.9 Å². The molecule has 0 heterocycles. The summed E-state index contributed by atoms with van der Waals surface area (Å²) in [5.74, 6) is -0.0328.